The van der Waals surface area contributed by atoms with Crippen LogP contribution in [0.1, 0.15) is 39.1 Å². The predicted octanol–water partition coefficient (Wildman–Crippen LogP) is 2.90. The highest BCUT2D eigenvalue weighted by molar-refractivity contribution is 8.14. The van der Waals surface area contributed by atoms with E-state index in [1.165, 1.54) is 9.80 Å². The van der Waals surface area contributed by atoms with Gasteiger partial charge in [0.1, 0.15) is 0 Å². The Bertz CT molecular complexity index is 1030. The molecule has 158 valence electrons. The molecule has 2 aromatic rings. The molecule has 2 aliphatic heterocycles. The predicted molar refractivity (Wildman–Crippen MR) is 115 cm³/mol. The second-order valence-electron chi connectivity index (χ2n) is 7.19. The number of carbonyl (C=O) groups is 5. The first kappa shape index (κ1) is 20.8. The molecule has 1 saturated heterocycles. The lowest BCUT2D eigenvalue weighted by atomic mass is 10.1. The number of thioether (sulfide) groups is 1. The highest BCUT2D eigenvalue weighted by Crippen LogP contribution is 2.23. The Hall–Kier alpha value is -3.46. The third-order valence-corrected chi connectivity index (χ3v) is 5.94. The van der Waals surface area contributed by atoms with Crippen molar-refractivity contribution in [1.82, 2.24) is 9.80 Å². The molecule has 4 rings (SSSR count). The third kappa shape index (κ3) is 4.36. The van der Waals surface area contributed by atoms with E-state index in [0.717, 1.165) is 17.3 Å². The molecule has 2 aliphatic rings. The fourth-order valence-electron chi connectivity index (χ4n) is 3.47. The highest BCUT2D eigenvalue weighted by atomic mass is 32.2. The van der Waals surface area contributed by atoms with Gasteiger partial charge >= 0.3 is 0 Å². The van der Waals surface area contributed by atoms with Crippen molar-refractivity contribution >= 4 is 46.3 Å². The maximum atomic E-state index is 12.3. The summed E-state index contributed by atoms with van der Waals surface area (Å²) in [5.74, 6) is -0.917. The number of imide groups is 2. The van der Waals surface area contributed by atoms with Crippen LogP contribution in [0.4, 0.5) is 10.5 Å². The lowest BCUT2D eigenvalue weighted by Gasteiger charge is -2.14. The van der Waals surface area contributed by atoms with E-state index in [9.17, 15) is 24.0 Å². The van der Waals surface area contributed by atoms with Crippen molar-refractivity contribution in [2.45, 2.75) is 19.4 Å². The summed E-state index contributed by atoms with van der Waals surface area (Å²) in [6.07, 6.45) is 0.509. The molecule has 0 atom stereocenters. The van der Waals surface area contributed by atoms with Gasteiger partial charge in [0.15, 0.2) is 0 Å². The topological polar surface area (TPSA) is 104 Å². The second kappa shape index (κ2) is 8.73. The van der Waals surface area contributed by atoms with E-state index in [1.807, 2.05) is 0 Å². The van der Waals surface area contributed by atoms with Gasteiger partial charge in [0, 0.05) is 18.7 Å². The van der Waals surface area contributed by atoms with Crippen LogP contribution in [0.2, 0.25) is 0 Å². The minimum absolute atomic E-state index is 0.156. The van der Waals surface area contributed by atoms with Crippen molar-refractivity contribution in [2.75, 3.05) is 17.6 Å². The molecule has 0 aliphatic carbocycles. The maximum absolute atomic E-state index is 12.3. The number of amides is 5. The highest BCUT2D eigenvalue weighted by Gasteiger charge is 2.34. The van der Waals surface area contributed by atoms with Crippen LogP contribution >= 0.6 is 11.8 Å². The summed E-state index contributed by atoms with van der Waals surface area (Å²) < 4.78 is 0. The summed E-state index contributed by atoms with van der Waals surface area (Å²) in [4.78, 5) is 62.6. The number of hydrogen-bond acceptors (Lipinski definition) is 6. The Morgan fingerprint density at radius 3 is 2.13 bits per heavy atom. The summed E-state index contributed by atoms with van der Waals surface area (Å²) >= 11 is 0.993. The van der Waals surface area contributed by atoms with Crippen molar-refractivity contribution < 1.29 is 24.0 Å². The van der Waals surface area contributed by atoms with Gasteiger partial charge in [-0.3, -0.25) is 33.8 Å². The van der Waals surface area contributed by atoms with Gasteiger partial charge in [-0.2, -0.15) is 0 Å². The normalized spacial score (nSPS) is 15.6. The molecule has 2 aromatic carbocycles. The molecular weight excluding hydrogens is 418 g/mol. The van der Waals surface area contributed by atoms with E-state index in [2.05, 4.69) is 5.32 Å². The quantitative estimate of drug-likeness (QED) is 0.668. The average Bonchev–Trinajstić information content (AvgIpc) is 3.21. The lowest BCUT2D eigenvalue weighted by Crippen LogP contribution is -2.31. The van der Waals surface area contributed by atoms with Gasteiger partial charge in [-0.1, -0.05) is 36.0 Å². The third-order valence-electron chi connectivity index (χ3n) is 5.08. The van der Waals surface area contributed by atoms with Crippen molar-refractivity contribution in [2.24, 2.45) is 0 Å². The van der Waals surface area contributed by atoms with Gasteiger partial charge in [-0.15, -0.1) is 0 Å². The molecule has 8 nitrogen and oxygen atoms in total. The number of nitrogens with one attached hydrogen (secondary N) is 1. The van der Waals surface area contributed by atoms with Crippen molar-refractivity contribution in [1.29, 1.82) is 0 Å². The average molecular weight is 437 g/mol. The summed E-state index contributed by atoms with van der Waals surface area (Å²) in [7, 11) is 0. The molecule has 2 heterocycles. The zero-order valence-corrected chi connectivity index (χ0v) is 17.3. The van der Waals surface area contributed by atoms with Crippen molar-refractivity contribution in [3.05, 3.63) is 65.2 Å². The minimum Gasteiger partial charge on any atom is -0.326 e. The Morgan fingerprint density at radius 2 is 1.55 bits per heavy atom. The number of hydrogen-bond donors (Lipinski definition) is 1. The standard InChI is InChI=1S/C22H19N3O5S/c26-18(6-3-11-24-20(28)16-4-1-2-5-17(16)21(24)29)23-15-9-7-14(8-10-15)12-25-19(27)13-31-22(25)30/h1-2,4-5,7-10H,3,6,11-13H2,(H,23,26). The smallest absolute Gasteiger partial charge is 0.289 e. The zero-order chi connectivity index (χ0) is 22.0. The van der Waals surface area contributed by atoms with Crippen LogP contribution in [0, 0.1) is 0 Å². The molecule has 0 radical (unpaired) electrons. The molecule has 0 aromatic heterocycles. The van der Waals surface area contributed by atoms with Gasteiger partial charge < -0.3 is 5.32 Å². The molecule has 9 heteroatoms. The maximum Gasteiger partial charge on any atom is 0.289 e. The van der Waals surface area contributed by atoms with E-state index in [-0.39, 0.29) is 54.1 Å². The number of rotatable bonds is 7. The van der Waals surface area contributed by atoms with Crippen molar-refractivity contribution in [3.8, 4) is 0 Å². The molecule has 0 spiro atoms. The molecule has 0 bridgehead atoms. The van der Waals surface area contributed by atoms with Crippen LogP contribution < -0.4 is 5.32 Å². The molecule has 0 saturated carbocycles. The SMILES string of the molecule is O=C(CCCN1C(=O)c2ccccc2C1=O)Nc1ccc(CN2C(=O)CSC2=O)cc1. The van der Waals surface area contributed by atoms with E-state index in [4.69, 9.17) is 0 Å². The van der Waals surface area contributed by atoms with Crippen LogP contribution in [-0.4, -0.2) is 51.0 Å². The number of nitrogens with zero attached hydrogens (tertiary/aromatic N) is 2. The van der Waals surface area contributed by atoms with E-state index < -0.39 is 0 Å². The summed E-state index contributed by atoms with van der Waals surface area (Å²) in [5.41, 5.74) is 2.16. The molecule has 31 heavy (non-hydrogen) atoms. The van der Waals surface area contributed by atoms with Crippen LogP contribution in [0.25, 0.3) is 0 Å². The zero-order valence-electron chi connectivity index (χ0n) is 16.5. The molecule has 5 amide bonds. The Morgan fingerprint density at radius 1 is 0.903 bits per heavy atom. The Labute approximate surface area is 182 Å². The van der Waals surface area contributed by atoms with Crippen LogP contribution in [0.5, 0.6) is 0 Å². The lowest BCUT2D eigenvalue weighted by molar-refractivity contribution is -0.125. The Balaban J connectivity index is 1.25. The fourth-order valence-corrected chi connectivity index (χ4v) is 4.20. The summed E-state index contributed by atoms with van der Waals surface area (Å²) in [5, 5.41) is 2.52. The van der Waals surface area contributed by atoms with Gasteiger partial charge in [-0.25, -0.2) is 0 Å². The molecule has 1 N–H and O–H groups in total. The largest absolute Gasteiger partial charge is 0.326 e. The van der Waals surface area contributed by atoms with Gasteiger partial charge in [0.25, 0.3) is 17.1 Å². The minimum atomic E-state index is -0.329. The first-order valence-electron chi connectivity index (χ1n) is 9.75. The first-order valence-corrected chi connectivity index (χ1v) is 10.7. The van der Waals surface area contributed by atoms with Crippen molar-refractivity contribution in [3.63, 3.8) is 0 Å². The monoisotopic (exact) mass is 437 g/mol. The number of benzene rings is 2. The van der Waals surface area contributed by atoms with Gasteiger partial charge in [-0.05, 0) is 36.2 Å². The number of anilines is 1. The second-order valence-corrected chi connectivity index (χ2v) is 8.12. The van der Waals surface area contributed by atoms with E-state index in [0.29, 0.717) is 23.2 Å². The number of carbonyl (C=O) groups excluding carboxylic acids is 5. The van der Waals surface area contributed by atoms with E-state index in [1.54, 1.807) is 48.5 Å². The molecular formula is C22H19N3O5S. The summed E-state index contributed by atoms with van der Waals surface area (Å²) in [6, 6.07) is 13.6. The number of fused-ring (bicyclic) bond motifs is 1. The van der Waals surface area contributed by atoms with E-state index >= 15 is 0 Å². The molecule has 0 unspecified atom stereocenters. The Kier molecular flexibility index (Phi) is 5.85. The molecule has 1 fully saturated rings. The van der Waals surface area contributed by atoms with Gasteiger partial charge in [0.2, 0.25) is 11.8 Å². The van der Waals surface area contributed by atoms with Crippen LogP contribution in [0.3, 0.4) is 0 Å². The van der Waals surface area contributed by atoms with Crippen LogP contribution in [-0.2, 0) is 16.1 Å². The first-order chi connectivity index (χ1) is 14.9. The summed E-state index contributed by atoms with van der Waals surface area (Å²) in [6.45, 7) is 0.383. The van der Waals surface area contributed by atoms with Gasteiger partial charge in [0.05, 0.1) is 23.4 Å². The van der Waals surface area contributed by atoms with Crippen LogP contribution in [0.15, 0.2) is 48.5 Å². The fraction of sp³-hybridized carbons (Fsp3) is 0.227.